The maximum absolute atomic E-state index is 12.7. The highest BCUT2D eigenvalue weighted by Crippen LogP contribution is 2.27. The molecule has 1 amide bonds. The standard InChI is InChI=1S/C21H18N4O4/c1-12-5-3-7-14(9-12)25-19-16(11-22-25)18(26)17(21(28)24-19)20(27)23-13-6-4-8-15(10-13)29-2/h3-11H,1-2H3,(H,23,27)(H2,24,26,28). The summed E-state index contributed by atoms with van der Waals surface area (Å²) in [5.41, 5.74) is 1.38. The van der Waals surface area contributed by atoms with Crippen molar-refractivity contribution < 1.29 is 14.6 Å². The van der Waals surface area contributed by atoms with Crippen LogP contribution in [0.15, 0.2) is 59.5 Å². The summed E-state index contributed by atoms with van der Waals surface area (Å²) in [6.45, 7) is 1.94. The topological polar surface area (TPSA) is 109 Å². The van der Waals surface area contributed by atoms with Gasteiger partial charge >= 0.3 is 0 Å². The number of fused-ring (bicyclic) bond motifs is 1. The smallest absolute Gasteiger partial charge is 0.266 e. The summed E-state index contributed by atoms with van der Waals surface area (Å²) >= 11 is 0. The third-order valence-corrected chi connectivity index (χ3v) is 4.52. The third kappa shape index (κ3) is 3.31. The van der Waals surface area contributed by atoms with E-state index in [-0.39, 0.29) is 10.9 Å². The van der Waals surface area contributed by atoms with Crippen LogP contribution in [-0.4, -0.2) is 32.9 Å². The zero-order chi connectivity index (χ0) is 20.5. The quantitative estimate of drug-likeness (QED) is 0.496. The number of H-pyrrole nitrogens is 1. The van der Waals surface area contributed by atoms with Crippen LogP contribution in [0.5, 0.6) is 11.5 Å². The molecule has 0 aliphatic rings. The maximum Gasteiger partial charge on any atom is 0.266 e. The summed E-state index contributed by atoms with van der Waals surface area (Å²) in [7, 11) is 1.51. The zero-order valence-corrected chi connectivity index (χ0v) is 15.8. The Bertz CT molecular complexity index is 1290. The van der Waals surface area contributed by atoms with Crippen molar-refractivity contribution in [2.75, 3.05) is 12.4 Å². The van der Waals surface area contributed by atoms with Crippen molar-refractivity contribution in [3.63, 3.8) is 0 Å². The molecule has 4 aromatic rings. The predicted octanol–water partition coefficient (Wildman–Crippen LogP) is 2.99. The van der Waals surface area contributed by atoms with E-state index < -0.39 is 17.2 Å². The van der Waals surface area contributed by atoms with Gasteiger partial charge in [0.05, 0.1) is 24.4 Å². The molecule has 0 aliphatic carbocycles. The average molecular weight is 390 g/mol. The molecule has 2 aromatic heterocycles. The summed E-state index contributed by atoms with van der Waals surface area (Å²) in [6.07, 6.45) is 1.41. The van der Waals surface area contributed by atoms with E-state index >= 15 is 0 Å². The number of amides is 1. The summed E-state index contributed by atoms with van der Waals surface area (Å²) in [5.74, 6) is -0.610. The van der Waals surface area contributed by atoms with Crippen LogP contribution in [0, 0.1) is 6.92 Å². The third-order valence-electron chi connectivity index (χ3n) is 4.52. The van der Waals surface area contributed by atoms with E-state index in [1.807, 2.05) is 31.2 Å². The molecule has 0 saturated heterocycles. The van der Waals surface area contributed by atoms with Gasteiger partial charge in [-0.2, -0.15) is 5.10 Å². The van der Waals surface area contributed by atoms with Gasteiger partial charge in [0, 0.05) is 11.8 Å². The number of aromatic amines is 1. The minimum Gasteiger partial charge on any atom is -0.506 e. The van der Waals surface area contributed by atoms with Gasteiger partial charge in [-0.05, 0) is 36.8 Å². The molecule has 0 fully saturated rings. The van der Waals surface area contributed by atoms with Crippen molar-refractivity contribution >= 4 is 22.6 Å². The Morgan fingerprint density at radius 3 is 2.76 bits per heavy atom. The molecule has 4 rings (SSSR count). The van der Waals surface area contributed by atoms with Crippen molar-refractivity contribution in [2.24, 2.45) is 0 Å². The molecule has 0 atom stereocenters. The number of nitrogens with zero attached hydrogens (tertiary/aromatic N) is 2. The number of nitrogens with one attached hydrogen (secondary N) is 2. The first-order valence-electron chi connectivity index (χ1n) is 8.83. The maximum atomic E-state index is 12.7. The van der Waals surface area contributed by atoms with E-state index in [1.165, 1.54) is 18.0 Å². The Hall–Kier alpha value is -4.07. The first-order valence-corrected chi connectivity index (χ1v) is 8.83. The fourth-order valence-corrected chi connectivity index (χ4v) is 3.11. The van der Waals surface area contributed by atoms with Crippen LogP contribution in [-0.2, 0) is 0 Å². The number of ether oxygens (including phenoxy) is 1. The molecular weight excluding hydrogens is 372 g/mol. The van der Waals surface area contributed by atoms with Gasteiger partial charge in [0.15, 0.2) is 0 Å². The molecule has 0 bridgehead atoms. The molecule has 0 aliphatic heterocycles. The van der Waals surface area contributed by atoms with Crippen molar-refractivity contribution in [2.45, 2.75) is 6.92 Å². The molecule has 8 heteroatoms. The molecular formula is C21H18N4O4. The number of methoxy groups -OCH3 is 1. The van der Waals surface area contributed by atoms with E-state index in [0.717, 1.165) is 11.3 Å². The summed E-state index contributed by atoms with van der Waals surface area (Å²) in [4.78, 5) is 27.9. The molecule has 8 nitrogen and oxygen atoms in total. The Morgan fingerprint density at radius 2 is 2.00 bits per heavy atom. The normalized spacial score (nSPS) is 10.8. The number of aromatic hydroxyl groups is 1. The molecule has 3 N–H and O–H groups in total. The highest BCUT2D eigenvalue weighted by Gasteiger charge is 2.22. The van der Waals surface area contributed by atoms with Gasteiger partial charge in [-0.15, -0.1) is 0 Å². The number of hydrogen-bond acceptors (Lipinski definition) is 5. The van der Waals surface area contributed by atoms with Crippen molar-refractivity contribution in [3.8, 4) is 17.2 Å². The summed E-state index contributed by atoms with van der Waals surface area (Å²) < 4.78 is 6.63. The number of anilines is 1. The van der Waals surface area contributed by atoms with Crippen molar-refractivity contribution in [1.82, 2.24) is 14.8 Å². The number of carbonyl (C=O) groups is 1. The fourth-order valence-electron chi connectivity index (χ4n) is 3.11. The minimum atomic E-state index is -0.734. The fraction of sp³-hybridized carbons (Fsp3) is 0.0952. The highest BCUT2D eigenvalue weighted by atomic mass is 16.5. The van der Waals surface area contributed by atoms with Crippen molar-refractivity contribution in [3.05, 3.63) is 76.2 Å². The number of carbonyl (C=O) groups excluding carboxylic acids is 1. The Morgan fingerprint density at radius 1 is 1.21 bits per heavy atom. The van der Waals surface area contributed by atoms with Crippen LogP contribution in [0.2, 0.25) is 0 Å². The lowest BCUT2D eigenvalue weighted by Crippen LogP contribution is -2.23. The van der Waals surface area contributed by atoms with E-state index in [1.54, 1.807) is 24.3 Å². The number of pyridine rings is 1. The van der Waals surface area contributed by atoms with Crippen LogP contribution in [0.25, 0.3) is 16.7 Å². The van der Waals surface area contributed by atoms with Crippen LogP contribution in [0.1, 0.15) is 15.9 Å². The lowest BCUT2D eigenvalue weighted by Gasteiger charge is -2.09. The number of aromatic nitrogens is 3. The number of hydrogen-bond donors (Lipinski definition) is 3. The molecule has 2 heterocycles. The van der Waals surface area contributed by atoms with Gasteiger partial charge in [0.25, 0.3) is 11.5 Å². The molecule has 0 radical (unpaired) electrons. The molecule has 2 aromatic carbocycles. The lowest BCUT2D eigenvalue weighted by atomic mass is 10.2. The van der Waals surface area contributed by atoms with Gasteiger partial charge in [0.2, 0.25) is 0 Å². The molecule has 146 valence electrons. The van der Waals surface area contributed by atoms with Gasteiger partial charge in [-0.3, -0.25) is 9.59 Å². The molecule has 0 spiro atoms. The van der Waals surface area contributed by atoms with Crippen LogP contribution < -0.4 is 15.6 Å². The minimum absolute atomic E-state index is 0.266. The Balaban J connectivity index is 1.76. The summed E-state index contributed by atoms with van der Waals surface area (Å²) in [6, 6.07) is 14.2. The lowest BCUT2D eigenvalue weighted by molar-refractivity contribution is 0.102. The largest absolute Gasteiger partial charge is 0.506 e. The Labute approximate surface area is 165 Å². The second-order valence-electron chi connectivity index (χ2n) is 6.52. The van der Waals surface area contributed by atoms with Gasteiger partial charge in [0.1, 0.15) is 22.7 Å². The zero-order valence-electron chi connectivity index (χ0n) is 15.8. The molecule has 0 unspecified atom stereocenters. The first-order chi connectivity index (χ1) is 14.0. The van der Waals surface area contributed by atoms with E-state index in [2.05, 4.69) is 15.4 Å². The van der Waals surface area contributed by atoms with Gasteiger partial charge in [-0.1, -0.05) is 18.2 Å². The van der Waals surface area contributed by atoms with Gasteiger partial charge in [-0.25, -0.2) is 4.68 Å². The van der Waals surface area contributed by atoms with Crippen LogP contribution >= 0.6 is 0 Å². The SMILES string of the molecule is COc1cccc(NC(=O)c2c(O)c3cnn(-c4cccc(C)c4)c3[nH]c2=O)c1. The second-order valence-corrected chi connectivity index (χ2v) is 6.52. The van der Waals surface area contributed by atoms with Crippen molar-refractivity contribution in [1.29, 1.82) is 0 Å². The monoisotopic (exact) mass is 390 g/mol. The number of rotatable bonds is 4. The number of benzene rings is 2. The van der Waals surface area contributed by atoms with E-state index in [4.69, 9.17) is 4.74 Å². The predicted molar refractivity (Wildman–Crippen MR) is 109 cm³/mol. The van der Waals surface area contributed by atoms with Crippen LogP contribution in [0.4, 0.5) is 5.69 Å². The van der Waals surface area contributed by atoms with E-state index in [0.29, 0.717) is 17.1 Å². The first kappa shape index (κ1) is 18.3. The van der Waals surface area contributed by atoms with Gasteiger partial charge < -0.3 is 20.1 Å². The summed E-state index contributed by atoms with van der Waals surface area (Å²) in [5, 5.41) is 17.8. The average Bonchev–Trinajstić information content (AvgIpc) is 3.12. The molecule has 0 saturated carbocycles. The van der Waals surface area contributed by atoms with Crippen LogP contribution in [0.3, 0.4) is 0 Å². The number of aryl methyl sites for hydroxylation is 1. The molecule has 29 heavy (non-hydrogen) atoms. The Kier molecular flexibility index (Phi) is 4.52. The second kappa shape index (κ2) is 7.16. The highest BCUT2D eigenvalue weighted by molar-refractivity contribution is 6.08. The van der Waals surface area contributed by atoms with E-state index in [9.17, 15) is 14.7 Å².